The van der Waals surface area contributed by atoms with Gasteiger partial charge in [-0.05, 0) is 38.4 Å². The molecule has 1 rings (SSSR count). The Morgan fingerprint density at radius 2 is 2.15 bits per heavy atom. The molecule has 1 aromatic rings. The third-order valence-corrected chi connectivity index (χ3v) is 3.06. The summed E-state index contributed by atoms with van der Waals surface area (Å²) in [7, 11) is 0. The number of hydrogen-bond donors (Lipinski definition) is 1. The van der Waals surface area contributed by atoms with E-state index < -0.39 is 11.6 Å². The normalized spacial score (nSPS) is 10.6. The lowest BCUT2D eigenvalue weighted by Gasteiger charge is -2.19. The van der Waals surface area contributed by atoms with Crippen LogP contribution in [0.25, 0.3) is 10.4 Å². The molecule has 1 N–H and O–H groups in total. The van der Waals surface area contributed by atoms with Gasteiger partial charge in [0.25, 0.3) is 5.91 Å². The van der Waals surface area contributed by atoms with Crippen LogP contribution in [0, 0.1) is 0 Å². The lowest BCUT2D eigenvalue weighted by atomic mass is 10.2. The SMILES string of the molecule is CC(C)(C)OC(=O)CNC(=O)c1ccc(CN=[N+]=[N-])s1. The fraction of sp³-hybridized carbons (Fsp3) is 0.500. The molecule has 7 nitrogen and oxygen atoms in total. The maximum atomic E-state index is 11.8. The number of carbonyl (C=O) groups excluding carboxylic acids is 2. The van der Waals surface area contributed by atoms with Crippen molar-refractivity contribution in [3.8, 4) is 0 Å². The van der Waals surface area contributed by atoms with Gasteiger partial charge in [0.15, 0.2) is 0 Å². The van der Waals surface area contributed by atoms with Crippen molar-refractivity contribution in [2.24, 2.45) is 5.11 Å². The van der Waals surface area contributed by atoms with Crippen LogP contribution in [-0.2, 0) is 16.1 Å². The van der Waals surface area contributed by atoms with Gasteiger partial charge in [-0.2, -0.15) is 0 Å². The molecule has 1 heterocycles. The van der Waals surface area contributed by atoms with Crippen molar-refractivity contribution < 1.29 is 14.3 Å². The second-order valence-corrected chi connectivity index (χ2v) is 6.09. The number of nitrogens with one attached hydrogen (secondary N) is 1. The van der Waals surface area contributed by atoms with Crippen LogP contribution in [0.2, 0.25) is 0 Å². The van der Waals surface area contributed by atoms with Crippen molar-refractivity contribution in [1.29, 1.82) is 0 Å². The van der Waals surface area contributed by atoms with Gasteiger partial charge in [0.2, 0.25) is 0 Å². The molecule has 1 aromatic heterocycles. The van der Waals surface area contributed by atoms with E-state index >= 15 is 0 Å². The summed E-state index contributed by atoms with van der Waals surface area (Å²) in [5.74, 6) is -0.843. The van der Waals surface area contributed by atoms with Gasteiger partial charge < -0.3 is 10.1 Å². The van der Waals surface area contributed by atoms with E-state index in [1.807, 2.05) is 0 Å². The van der Waals surface area contributed by atoms with Crippen LogP contribution >= 0.6 is 11.3 Å². The zero-order chi connectivity index (χ0) is 15.2. The number of azide groups is 1. The molecule has 0 bridgehead atoms. The minimum Gasteiger partial charge on any atom is -0.459 e. The van der Waals surface area contributed by atoms with E-state index in [9.17, 15) is 9.59 Å². The van der Waals surface area contributed by atoms with Gasteiger partial charge in [-0.3, -0.25) is 9.59 Å². The monoisotopic (exact) mass is 296 g/mol. The predicted octanol–water partition coefficient (Wildman–Crippen LogP) is 2.63. The summed E-state index contributed by atoms with van der Waals surface area (Å²) in [6, 6.07) is 3.33. The molecule has 20 heavy (non-hydrogen) atoms. The molecule has 0 aliphatic carbocycles. The van der Waals surface area contributed by atoms with E-state index in [4.69, 9.17) is 10.3 Å². The minimum absolute atomic E-state index is 0.181. The fourth-order valence-electron chi connectivity index (χ4n) is 1.30. The topological polar surface area (TPSA) is 104 Å². The van der Waals surface area contributed by atoms with Crippen molar-refractivity contribution in [1.82, 2.24) is 5.32 Å². The van der Waals surface area contributed by atoms with Gasteiger partial charge in [-0.15, -0.1) is 11.3 Å². The van der Waals surface area contributed by atoms with Crippen LogP contribution in [0.1, 0.15) is 35.3 Å². The molecule has 0 spiro atoms. The van der Waals surface area contributed by atoms with Crippen LogP contribution in [0.3, 0.4) is 0 Å². The number of nitrogens with zero attached hydrogens (tertiary/aromatic N) is 3. The maximum absolute atomic E-state index is 11.8. The Kier molecular flexibility index (Phi) is 5.54. The first-order valence-corrected chi connectivity index (χ1v) is 6.73. The molecule has 0 saturated carbocycles. The zero-order valence-electron chi connectivity index (χ0n) is 11.5. The highest BCUT2D eigenvalue weighted by molar-refractivity contribution is 7.14. The van der Waals surface area contributed by atoms with Crippen molar-refractivity contribution in [2.45, 2.75) is 32.9 Å². The van der Waals surface area contributed by atoms with Gasteiger partial charge in [-0.25, -0.2) is 0 Å². The summed E-state index contributed by atoms with van der Waals surface area (Å²) >= 11 is 1.22. The summed E-state index contributed by atoms with van der Waals surface area (Å²) < 4.78 is 5.08. The molecule has 1 amide bonds. The summed E-state index contributed by atoms with van der Waals surface area (Å²) in [6.45, 7) is 5.30. The molecular formula is C12H16N4O3S. The first-order valence-electron chi connectivity index (χ1n) is 5.91. The van der Waals surface area contributed by atoms with E-state index in [2.05, 4.69) is 15.3 Å². The van der Waals surface area contributed by atoms with Crippen molar-refractivity contribution in [2.75, 3.05) is 6.54 Å². The zero-order valence-corrected chi connectivity index (χ0v) is 12.4. The van der Waals surface area contributed by atoms with E-state index in [1.54, 1.807) is 32.9 Å². The van der Waals surface area contributed by atoms with Gasteiger partial charge >= 0.3 is 5.97 Å². The van der Waals surface area contributed by atoms with E-state index in [0.29, 0.717) is 4.88 Å². The Labute approximate surface area is 120 Å². The number of ether oxygens (including phenoxy) is 1. The summed E-state index contributed by atoms with van der Waals surface area (Å²) in [5, 5.41) is 5.90. The lowest BCUT2D eigenvalue weighted by Crippen LogP contribution is -2.34. The number of carbonyl (C=O) groups is 2. The van der Waals surface area contributed by atoms with Gasteiger partial charge in [0.1, 0.15) is 12.1 Å². The van der Waals surface area contributed by atoms with E-state index in [-0.39, 0.29) is 19.0 Å². The summed E-state index contributed by atoms with van der Waals surface area (Å²) in [6.07, 6.45) is 0. The first kappa shape index (κ1) is 16.0. The van der Waals surface area contributed by atoms with Crippen LogP contribution in [0.5, 0.6) is 0 Å². The fourth-order valence-corrected chi connectivity index (χ4v) is 2.15. The molecular weight excluding hydrogens is 280 g/mol. The molecule has 0 aliphatic rings. The van der Waals surface area contributed by atoms with Gasteiger partial charge in [0, 0.05) is 9.79 Å². The second-order valence-electron chi connectivity index (χ2n) is 4.92. The Hall–Kier alpha value is -2.05. The van der Waals surface area contributed by atoms with Crippen LogP contribution < -0.4 is 5.32 Å². The molecule has 0 saturated heterocycles. The summed E-state index contributed by atoms with van der Waals surface area (Å²) in [5.41, 5.74) is 7.64. The minimum atomic E-state index is -0.576. The Morgan fingerprint density at radius 1 is 1.45 bits per heavy atom. The molecule has 0 aliphatic heterocycles. The van der Waals surface area contributed by atoms with Crippen molar-refractivity contribution >= 4 is 23.2 Å². The third kappa shape index (κ3) is 5.73. The number of rotatable bonds is 5. The number of esters is 1. The Balaban J connectivity index is 2.48. The highest BCUT2D eigenvalue weighted by Gasteiger charge is 2.17. The predicted molar refractivity (Wildman–Crippen MR) is 75.3 cm³/mol. The molecule has 0 unspecified atom stereocenters. The van der Waals surface area contributed by atoms with E-state index in [1.165, 1.54) is 11.3 Å². The molecule has 108 valence electrons. The average molecular weight is 296 g/mol. The standard InChI is InChI=1S/C12H16N4O3S/c1-12(2,3)19-10(17)7-14-11(18)9-5-4-8(20-9)6-15-16-13/h4-5H,6-7H2,1-3H3,(H,14,18). The van der Waals surface area contributed by atoms with E-state index in [0.717, 1.165) is 4.88 Å². The molecule has 0 fully saturated rings. The lowest BCUT2D eigenvalue weighted by molar-refractivity contribution is -0.153. The van der Waals surface area contributed by atoms with Crippen LogP contribution in [0.4, 0.5) is 0 Å². The van der Waals surface area contributed by atoms with Gasteiger partial charge in [0.05, 0.1) is 11.4 Å². The highest BCUT2D eigenvalue weighted by atomic mass is 32.1. The number of hydrogen-bond acceptors (Lipinski definition) is 5. The Morgan fingerprint density at radius 3 is 2.75 bits per heavy atom. The molecule has 0 aromatic carbocycles. The van der Waals surface area contributed by atoms with Crippen LogP contribution in [-0.4, -0.2) is 24.0 Å². The van der Waals surface area contributed by atoms with Crippen molar-refractivity contribution in [3.05, 3.63) is 32.3 Å². The second kappa shape index (κ2) is 6.93. The average Bonchev–Trinajstić information content (AvgIpc) is 2.80. The first-order chi connectivity index (χ1) is 9.31. The molecule has 8 heteroatoms. The largest absolute Gasteiger partial charge is 0.459 e. The highest BCUT2D eigenvalue weighted by Crippen LogP contribution is 2.17. The maximum Gasteiger partial charge on any atom is 0.325 e. The third-order valence-electron chi connectivity index (χ3n) is 1.99. The van der Waals surface area contributed by atoms with Gasteiger partial charge in [-0.1, -0.05) is 5.11 Å². The Bertz CT molecular complexity index is 541. The number of thiophene rings is 1. The summed E-state index contributed by atoms with van der Waals surface area (Å²) in [4.78, 5) is 27.1. The molecule has 0 radical (unpaired) electrons. The van der Waals surface area contributed by atoms with Crippen molar-refractivity contribution in [3.63, 3.8) is 0 Å². The number of amides is 1. The smallest absolute Gasteiger partial charge is 0.325 e. The van der Waals surface area contributed by atoms with Crippen LogP contribution in [0.15, 0.2) is 17.2 Å². The molecule has 0 atom stereocenters. The quantitative estimate of drug-likeness (QED) is 0.391.